The predicted octanol–water partition coefficient (Wildman–Crippen LogP) is 2.73. The second-order valence-corrected chi connectivity index (χ2v) is 3.07. The van der Waals surface area contributed by atoms with Gasteiger partial charge in [-0.15, -0.1) is 0 Å². The molecule has 1 aromatic carbocycles. The van der Waals surface area contributed by atoms with E-state index in [0.717, 1.165) is 10.6 Å². The van der Waals surface area contributed by atoms with Crippen LogP contribution in [0.15, 0.2) is 29.4 Å². The third kappa shape index (κ3) is 2.55. The summed E-state index contributed by atoms with van der Waals surface area (Å²) in [6, 6.07) is 7.47. The molecule has 0 fully saturated rings. The van der Waals surface area contributed by atoms with Crippen LogP contribution in [0.4, 0.5) is 0 Å². The Morgan fingerprint density at radius 1 is 1.42 bits per heavy atom. The van der Waals surface area contributed by atoms with E-state index >= 15 is 0 Å². The van der Waals surface area contributed by atoms with Crippen LogP contribution in [0.3, 0.4) is 0 Å². The minimum atomic E-state index is 0.660. The molecule has 0 atom stereocenters. The summed E-state index contributed by atoms with van der Waals surface area (Å²) in [4.78, 5) is 0. The fraction of sp³-hybridized carbons (Fsp3) is 0.222. The summed E-state index contributed by atoms with van der Waals surface area (Å²) < 4.78 is 0. The Morgan fingerprint density at radius 3 is 2.50 bits per heavy atom. The molecule has 0 saturated heterocycles. The van der Waals surface area contributed by atoms with E-state index < -0.39 is 0 Å². The smallest absolute Gasteiger partial charge is 0.0583 e. The summed E-state index contributed by atoms with van der Waals surface area (Å²) in [5.41, 5.74) is 1.78. The van der Waals surface area contributed by atoms with Crippen molar-refractivity contribution in [1.29, 1.82) is 0 Å². The van der Waals surface area contributed by atoms with Crippen LogP contribution in [-0.4, -0.2) is 10.9 Å². The molecule has 1 aromatic rings. The number of halogens is 1. The minimum absolute atomic E-state index is 0.660. The van der Waals surface area contributed by atoms with E-state index in [-0.39, 0.29) is 0 Å². The Balaban J connectivity index is 2.71. The molecule has 64 valence electrons. The molecule has 0 heterocycles. The molecule has 0 aliphatic heterocycles. The molecule has 0 saturated carbocycles. The monoisotopic (exact) mass is 183 g/mol. The molecular formula is C9H10ClNO. The Labute approximate surface area is 76.5 Å². The second-order valence-electron chi connectivity index (χ2n) is 2.64. The quantitative estimate of drug-likeness (QED) is 0.427. The summed E-state index contributed by atoms with van der Waals surface area (Å²) in [5, 5.41) is 12.2. The van der Waals surface area contributed by atoms with Crippen LogP contribution in [0.1, 0.15) is 12.5 Å². The fourth-order valence-corrected chi connectivity index (χ4v) is 1.06. The second kappa shape index (κ2) is 4.12. The van der Waals surface area contributed by atoms with Crippen molar-refractivity contribution in [3.8, 4) is 0 Å². The first-order chi connectivity index (χ1) is 5.72. The van der Waals surface area contributed by atoms with E-state index in [1.54, 1.807) is 6.92 Å². The average molecular weight is 184 g/mol. The maximum absolute atomic E-state index is 8.41. The fourth-order valence-electron chi connectivity index (χ4n) is 0.933. The molecule has 0 spiro atoms. The number of oxime groups is 1. The zero-order chi connectivity index (χ0) is 8.97. The Bertz CT molecular complexity index is 279. The number of hydrogen-bond acceptors (Lipinski definition) is 2. The zero-order valence-electron chi connectivity index (χ0n) is 6.79. The molecule has 3 heteroatoms. The Morgan fingerprint density at radius 2 is 2.00 bits per heavy atom. The van der Waals surface area contributed by atoms with Crippen molar-refractivity contribution in [2.75, 3.05) is 0 Å². The molecule has 0 bridgehead atoms. The van der Waals surface area contributed by atoms with Crippen molar-refractivity contribution in [2.24, 2.45) is 5.16 Å². The Hall–Kier alpha value is -1.02. The lowest BCUT2D eigenvalue weighted by Gasteiger charge is -1.98. The van der Waals surface area contributed by atoms with Gasteiger partial charge in [0.2, 0.25) is 0 Å². The highest BCUT2D eigenvalue weighted by molar-refractivity contribution is 6.30. The Kier molecular flexibility index (Phi) is 3.11. The number of nitrogens with zero attached hydrogens (tertiary/aromatic N) is 1. The van der Waals surface area contributed by atoms with Crippen molar-refractivity contribution >= 4 is 17.3 Å². The summed E-state index contributed by atoms with van der Waals surface area (Å²) in [7, 11) is 0. The van der Waals surface area contributed by atoms with Gasteiger partial charge in [0, 0.05) is 11.4 Å². The van der Waals surface area contributed by atoms with Crippen LogP contribution in [-0.2, 0) is 6.42 Å². The van der Waals surface area contributed by atoms with E-state index in [0.29, 0.717) is 12.1 Å². The SMILES string of the molecule is CC(Cc1ccc(Cl)cc1)=NO. The number of rotatable bonds is 2. The molecular weight excluding hydrogens is 174 g/mol. The standard InChI is InChI=1S/C9H10ClNO/c1-7(11-12)6-8-2-4-9(10)5-3-8/h2-5,12H,6H2,1H3. The van der Waals surface area contributed by atoms with Gasteiger partial charge in [0.15, 0.2) is 0 Å². The van der Waals surface area contributed by atoms with Crippen LogP contribution in [0, 0.1) is 0 Å². The largest absolute Gasteiger partial charge is 0.411 e. The average Bonchev–Trinajstić information content (AvgIpc) is 2.09. The van der Waals surface area contributed by atoms with Crippen molar-refractivity contribution in [2.45, 2.75) is 13.3 Å². The van der Waals surface area contributed by atoms with E-state index in [2.05, 4.69) is 5.16 Å². The molecule has 0 amide bonds. The van der Waals surface area contributed by atoms with Crippen molar-refractivity contribution in [3.63, 3.8) is 0 Å². The van der Waals surface area contributed by atoms with Crippen LogP contribution in [0.5, 0.6) is 0 Å². The maximum Gasteiger partial charge on any atom is 0.0583 e. The highest BCUT2D eigenvalue weighted by Crippen LogP contribution is 2.10. The normalized spacial score (nSPS) is 11.7. The van der Waals surface area contributed by atoms with Crippen molar-refractivity contribution in [1.82, 2.24) is 0 Å². The summed E-state index contributed by atoms with van der Waals surface area (Å²) in [6.45, 7) is 1.77. The topological polar surface area (TPSA) is 32.6 Å². The lowest BCUT2D eigenvalue weighted by molar-refractivity contribution is 0.317. The van der Waals surface area contributed by atoms with Gasteiger partial charge >= 0.3 is 0 Å². The third-order valence-electron chi connectivity index (χ3n) is 1.54. The van der Waals surface area contributed by atoms with Gasteiger partial charge in [-0.05, 0) is 24.6 Å². The predicted molar refractivity (Wildman–Crippen MR) is 50.1 cm³/mol. The molecule has 1 rings (SSSR count). The maximum atomic E-state index is 8.41. The van der Waals surface area contributed by atoms with Gasteiger partial charge in [-0.1, -0.05) is 28.9 Å². The van der Waals surface area contributed by atoms with Gasteiger partial charge in [-0.25, -0.2) is 0 Å². The zero-order valence-corrected chi connectivity index (χ0v) is 7.54. The molecule has 0 radical (unpaired) electrons. The van der Waals surface area contributed by atoms with Crippen molar-refractivity contribution < 1.29 is 5.21 Å². The molecule has 2 nitrogen and oxygen atoms in total. The molecule has 0 aliphatic carbocycles. The third-order valence-corrected chi connectivity index (χ3v) is 1.80. The summed E-state index contributed by atoms with van der Waals surface area (Å²) >= 11 is 5.70. The van der Waals surface area contributed by atoms with E-state index in [1.165, 1.54) is 0 Å². The van der Waals surface area contributed by atoms with Gasteiger partial charge in [0.05, 0.1) is 5.71 Å². The van der Waals surface area contributed by atoms with Crippen LogP contribution >= 0.6 is 11.6 Å². The van der Waals surface area contributed by atoms with Gasteiger partial charge < -0.3 is 5.21 Å². The first-order valence-corrected chi connectivity index (χ1v) is 4.02. The van der Waals surface area contributed by atoms with E-state index in [1.807, 2.05) is 24.3 Å². The van der Waals surface area contributed by atoms with Crippen LogP contribution in [0.25, 0.3) is 0 Å². The lowest BCUT2D eigenvalue weighted by atomic mass is 10.1. The van der Waals surface area contributed by atoms with Crippen LogP contribution < -0.4 is 0 Å². The molecule has 1 N–H and O–H groups in total. The lowest BCUT2D eigenvalue weighted by Crippen LogP contribution is -1.96. The summed E-state index contributed by atoms with van der Waals surface area (Å²) in [5.74, 6) is 0. The first kappa shape index (κ1) is 9.07. The van der Waals surface area contributed by atoms with E-state index in [9.17, 15) is 0 Å². The number of benzene rings is 1. The minimum Gasteiger partial charge on any atom is -0.411 e. The van der Waals surface area contributed by atoms with Gasteiger partial charge in [0.25, 0.3) is 0 Å². The van der Waals surface area contributed by atoms with E-state index in [4.69, 9.17) is 16.8 Å². The van der Waals surface area contributed by atoms with Crippen LogP contribution in [0.2, 0.25) is 5.02 Å². The number of hydrogen-bond donors (Lipinski definition) is 1. The van der Waals surface area contributed by atoms with Gasteiger partial charge in [0.1, 0.15) is 0 Å². The highest BCUT2D eigenvalue weighted by atomic mass is 35.5. The highest BCUT2D eigenvalue weighted by Gasteiger charge is 1.95. The van der Waals surface area contributed by atoms with Crippen molar-refractivity contribution in [3.05, 3.63) is 34.9 Å². The molecule has 0 aromatic heterocycles. The summed E-state index contributed by atoms with van der Waals surface area (Å²) in [6.07, 6.45) is 0.660. The molecule has 0 unspecified atom stereocenters. The first-order valence-electron chi connectivity index (χ1n) is 3.64. The molecule has 12 heavy (non-hydrogen) atoms. The van der Waals surface area contributed by atoms with Gasteiger partial charge in [-0.3, -0.25) is 0 Å². The molecule has 0 aliphatic rings. The van der Waals surface area contributed by atoms with Gasteiger partial charge in [-0.2, -0.15) is 0 Å².